The van der Waals surface area contributed by atoms with Gasteiger partial charge in [0, 0.05) is 12.4 Å². The number of nitrogens with two attached hydrogens (primary N) is 1. The van der Waals surface area contributed by atoms with Gasteiger partial charge in [0.1, 0.15) is 4.90 Å². The first-order valence-corrected chi connectivity index (χ1v) is 7.75. The van der Waals surface area contributed by atoms with Crippen molar-refractivity contribution >= 4 is 21.4 Å². The van der Waals surface area contributed by atoms with E-state index in [0.29, 0.717) is 5.69 Å². The first-order chi connectivity index (χ1) is 9.45. The van der Waals surface area contributed by atoms with Gasteiger partial charge in [-0.2, -0.15) is 0 Å². The lowest BCUT2D eigenvalue weighted by Gasteiger charge is -2.15. The van der Waals surface area contributed by atoms with Crippen LogP contribution >= 0.6 is 0 Å². The fraction of sp³-hybridized carbons (Fsp3) is 0.214. The standard InChI is InChI=1S/C14H17N3O2S/c1-3-11-6-4-5-10(2)14(11)17-20(18,19)13-9-16-8-7-12(13)15/h4-9,17H,3H2,1-2H3,(H2,15,16). The van der Waals surface area contributed by atoms with Gasteiger partial charge < -0.3 is 5.73 Å². The molecule has 0 amide bonds. The molecule has 5 nitrogen and oxygen atoms in total. The SMILES string of the molecule is CCc1cccc(C)c1NS(=O)(=O)c1cnccc1N. The summed E-state index contributed by atoms with van der Waals surface area (Å²) in [6.45, 7) is 3.84. The molecule has 1 heterocycles. The van der Waals surface area contributed by atoms with Crippen LogP contribution in [0.5, 0.6) is 0 Å². The molecule has 1 aromatic heterocycles. The first-order valence-electron chi connectivity index (χ1n) is 6.26. The number of sulfonamides is 1. The summed E-state index contributed by atoms with van der Waals surface area (Å²) in [7, 11) is -3.74. The highest BCUT2D eigenvalue weighted by Gasteiger charge is 2.19. The van der Waals surface area contributed by atoms with Crippen LogP contribution in [-0.2, 0) is 16.4 Å². The van der Waals surface area contributed by atoms with Gasteiger partial charge in [-0.15, -0.1) is 0 Å². The normalized spacial score (nSPS) is 11.3. The fourth-order valence-corrected chi connectivity index (χ4v) is 3.22. The molecule has 3 N–H and O–H groups in total. The monoisotopic (exact) mass is 291 g/mol. The van der Waals surface area contributed by atoms with Gasteiger partial charge in [0.2, 0.25) is 0 Å². The zero-order valence-corrected chi connectivity index (χ0v) is 12.2. The molecule has 2 rings (SSSR count). The topological polar surface area (TPSA) is 85.1 Å². The third kappa shape index (κ3) is 2.75. The van der Waals surface area contributed by atoms with Gasteiger partial charge >= 0.3 is 0 Å². The molecular formula is C14H17N3O2S. The Kier molecular flexibility index (Phi) is 3.94. The minimum atomic E-state index is -3.74. The number of nitrogens with zero attached hydrogens (tertiary/aromatic N) is 1. The van der Waals surface area contributed by atoms with E-state index in [4.69, 9.17) is 5.73 Å². The van der Waals surface area contributed by atoms with E-state index in [0.717, 1.165) is 17.5 Å². The Bertz CT molecular complexity index is 727. The number of aromatic nitrogens is 1. The van der Waals surface area contributed by atoms with E-state index in [1.165, 1.54) is 18.5 Å². The van der Waals surface area contributed by atoms with Gasteiger partial charge in [-0.05, 0) is 30.5 Å². The third-order valence-corrected chi connectivity index (χ3v) is 4.48. The van der Waals surface area contributed by atoms with Gasteiger partial charge in [-0.25, -0.2) is 8.42 Å². The Morgan fingerprint density at radius 1 is 1.30 bits per heavy atom. The van der Waals surface area contributed by atoms with Crippen LogP contribution in [0.4, 0.5) is 11.4 Å². The number of nitrogen functional groups attached to an aromatic ring is 1. The predicted octanol–water partition coefficient (Wildman–Crippen LogP) is 2.34. The minimum Gasteiger partial charge on any atom is -0.398 e. The lowest BCUT2D eigenvalue weighted by atomic mass is 10.1. The number of anilines is 2. The number of rotatable bonds is 4. The number of benzene rings is 1. The summed E-state index contributed by atoms with van der Waals surface area (Å²) in [4.78, 5) is 3.81. The van der Waals surface area contributed by atoms with Gasteiger partial charge in [-0.1, -0.05) is 25.1 Å². The number of hydrogen-bond acceptors (Lipinski definition) is 4. The van der Waals surface area contributed by atoms with Crippen LogP contribution in [0.15, 0.2) is 41.6 Å². The van der Waals surface area contributed by atoms with Crippen LogP contribution < -0.4 is 10.5 Å². The Balaban J connectivity index is 2.47. The second kappa shape index (κ2) is 5.50. The van der Waals surface area contributed by atoms with E-state index in [1.807, 2.05) is 32.0 Å². The number of para-hydroxylation sites is 1. The first kappa shape index (κ1) is 14.3. The molecule has 6 heteroatoms. The summed E-state index contributed by atoms with van der Waals surface area (Å²) in [6, 6.07) is 7.14. The molecule has 0 saturated carbocycles. The van der Waals surface area contributed by atoms with Crippen LogP contribution in [0.1, 0.15) is 18.1 Å². The van der Waals surface area contributed by atoms with E-state index in [2.05, 4.69) is 9.71 Å². The van der Waals surface area contributed by atoms with Crippen molar-refractivity contribution in [3.63, 3.8) is 0 Å². The molecule has 0 spiro atoms. The molecule has 0 atom stereocenters. The largest absolute Gasteiger partial charge is 0.398 e. The molecule has 0 saturated heterocycles. The molecular weight excluding hydrogens is 274 g/mol. The van der Waals surface area contributed by atoms with E-state index in [-0.39, 0.29) is 10.6 Å². The molecule has 0 fully saturated rings. The summed E-state index contributed by atoms with van der Waals surface area (Å²) in [5.74, 6) is 0. The lowest BCUT2D eigenvalue weighted by molar-refractivity contribution is 0.601. The predicted molar refractivity (Wildman–Crippen MR) is 80.0 cm³/mol. The molecule has 20 heavy (non-hydrogen) atoms. The Morgan fingerprint density at radius 3 is 2.70 bits per heavy atom. The van der Waals surface area contributed by atoms with Crippen LogP contribution in [0, 0.1) is 6.92 Å². The highest BCUT2D eigenvalue weighted by atomic mass is 32.2. The Labute approximate surface area is 118 Å². The molecule has 1 aromatic carbocycles. The van der Waals surface area contributed by atoms with Crippen LogP contribution in [0.2, 0.25) is 0 Å². The molecule has 106 valence electrons. The second-order valence-electron chi connectivity index (χ2n) is 4.48. The average molecular weight is 291 g/mol. The fourth-order valence-electron chi connectivity index (χ4n) is 1.97. The van der Waals surface area contributed by atoms with Crippen molar-refractivity contribution in [3.05, 3.63) is 47.8 Å². The van der Waals surface area contributed by atoms with E-state index in [1.54, 1.807) is 0 Å². The highest BCUT2D eigenvalue weighted by molar-refractivity contribution is 7.92. The van der Waals surface area contributed by atoms with Crippen molar-refractivity contribution < 1.29 is 8.42 Å². The quantitative estimate of drug-likeness (QED) is 0.905. The van der Waals surface area contributed by atoms with E-state index < -0.39 is 10.0 Å². The number of nitrogens with one attached hydrogen (secondary N) is 1. The second-order valence-corrected chi connectivity index (χ2v) is 6.13. The van der Waals surface area contributed by atoms with Crippen LogP contribution in [-0.4, -0.2) is 13.4 Å². The maximum absolute atomic E-state index is 12.4. The molecule has 2 aromatic rings. The van der Waals surface area contributed by atoms with Crippen molar-refractivity contribution in [2.45, 2.75) is 25.2 Å². The minimum absolute atomic E-state index is 0.00898. The summed E-state index contributed by atoms with van der Waals surface area (Å²) >= 11 is 0. The number of hydrogen-bond donors (Lipinski definition) is 2. The van der Waals surface area contributed by atoms with Crippen molar-refractivity contribution in [1.29, 1.82) is 0 Å². The molecule has 0 radical (unpaired) electrons. The maximum atomic E-state index is 12.4. The zero-order valence-electron chi connectivity index (χ0n) is 11.4. The number of aryl methyl sites for hydroxylation is 2. The highest BCUT2D eigenvalue weighted by Crippen LogP contribution is 2.26. The average Bonchev–Trinajstić information content (AvgIpc) is 2.41. The number of pyridine rings is 1. The maximum Gasteiger partial charge on any atom is 0.265 e. The molecule has 0 aliphatic carbocycles. The summed E-state index contributed by atoms with van der Waals surface area (Å²) in [5.41, 5.74) is 8.31. The molecule has 0 aliphatic heterocycles. The van der Waals surface area contributed by atoms with Crippen LogP contribution in [0.25, 0.3) is 0 Å². The van der Waals surface area contributed by atoms with Crippen molar-refractivity contribution in [1.82, 2.24) is 4.98 Å². The van der Waals surface area contributed by atoms with Gasteiger partial charge in [0.25, 0.3) is 10.0 Å². The lowest BCUT2D eigenvalue weighted by Crippen LogP contribution is -2.17. The zero-order chi connectivity index (χ0) is 14.8. The summed E-state index contributed by atoms with van der Waals surface area (Å²) < 4.78 is 27.4. The summed E-state index contributed by atoms with van der Waals surface area (Å²) in [5, 5.41) is 0. The van der Waals surface area contributed by atoms with Gasteiger partial charge in [0.15, 0.2) is 0 Å². The third-order valence-electron chi connectivity index (χ3n) is 3.08. The van der Waals surface area contributed by atoms with Crippen LogP contribution in [0.3, 0.4) is 0 Å². The Hall–Kier alpha value is -2.08. The Morgan fingerprint density at radius 2 is 2.05 bits per heavy atom. The summed E-state index contributed by atoms with van der Waals surface area (Å²) in [6.07, 6.45) is 3.45. The van der Waals surface area contributed by atoms with Crippen molar-refractivity contribution in [3.8, 4) is 0 Å². The molecule has 0 unspecified atom stereocenters. The molecule has 0 aliphatic rings. The molecule has 0 bridgehead atoms. The smallest absolute Gasteiger partial charge is 0.265 e. The van der Waals surface area contributed by atoms with Crippen molar-refractivity contribution in [2.24, 2.45) is 0 Å². The van der Waals surface area contributed by atoms with E-state index in [9.17, 15) is 8.42 Å². The van der Waals surface area contributed by atoms with Gasteiger partial charge in [0.05, 0.1) is 11.4 Å². The van der Waals surface area contributed by atoms with Crippen molar-refractivity contribution in [2.75, 3.05) is 10.5 Å². The van der Waals surface area contributed by atoms with E-state index >= 15 is 0 Å². The van der Waals surface area contributed by atoms with Gasteiger partial charge in [-0.3, -0.25) is 9.71 Å².